The highest BCUT2D eigenvalue weighted by Crippen LogP contribution is 2.40. The fraction of sp³-hybridized carbons (Fsp3) is 0.240. The summed E-state index contributed by atoms with van der Waals surface area (Å²) in [6.07, 6.45) is 9.08. The lowest BCUT2D eigenvalue weighted by atomic mass is 10.1. The van der Waals surface area contributed by atoms with Gasteiger partial charge in [-0.15, -0.1) is 11.3 Å². The molecule has 1 N–H and O–H groups in total. The maximum absolute atomic E-state index is 13.6. The lowest BCUT2D eigenvalue weighted by Crippen LogP contribution is -2.07. The molecular formula is C25H24FN5S. The second-order valence-corrected chi connectivity index (χ2v) is 8.75. The van der Waals surface area contributed by atoms with Gasteiger partial charge in [0.25, 0.3) is 0 Å². The molecule has 1 atom stereocenters. The zero-order valence-corrected chi connectivity index (χ0v) is 18.6. The molecule has 0 amide bonds. The van der Waals surface area contributed by atoms with E-state index in [1.54, 1.807) is 29.7 Å². The normalized spacial score (nSPS) is 15.4. The molecule has 3 aromatic heterocycles. The average Bonchev–Trinajstić information content (AvgIpc) is 3.54. The highest BCUT2D eigenvalue weighted by atomic mass is 32.1. The Kier molecular flexibility index (Phi) is 5.81. The summed E-state index contributed by atoms with van der Waals surface area (Å²) in [6, 6.07) is 12.8. The van der Waals surface area contributed by atoms with E-state index in [0.29, 0.717) is 5.95 Å². The Hall–Kier alpha value is -3.32. The minimum Gasteiger partial charge on any atom is -0.354 e. The fourth-order valence-corrected chi connectivity index (χ4v) is 4.69. The van der Waals surface area contributed by atoms with Crippen LogP contribution in [-0.4, -0.2) is 26.1 Å². The van der Waals surface area contributed by atoms with Crippen LogP contribution in [0.1, 0.15) is 36.5 Å². The van der Waals surface area contributed by atoms with E-state index in [0.717, 1.165) is 54.3 Å². The SMILES string of the molecule is CCCNc1nccc(-c2c(-c3ccc(F)cc3)nc3n2C(/C=C/c2cccs2)CC3)n1. The molecule has 0 spiro atoms. The summed E-state index contributed by atoms with van der Waals surface area (Å²) in [5.74, 6) is 1.38. The minimum atomic E-state index is -0.258. The predicted octanol–water partition coefficient (Wildman–Crippen LogP) is 6.23. The molecule has 32 heavy (non-hydrogen) atoms. The number of benzene rings is 1. The van der Waals surface area contributed by atoms with Gasteiger partial charge in [0.2, 0.25) is 5.95 Å². The number of imidazole rings is 1. The molecule has 5 nitrogen and oxygen atoms in total. The largest absolute Gasteiger partial charge is 0.354 e. The van der Waals surface area contributed by atoms with Gasteiger partial charge in [-0.1, -0.05) is 19.1 Å². The smallest absolute Gasteiger partial charge is 0.223 e. The van der Waals surface area contributed by atoms with Crippen molar-refractivity contribution < 1.29 is 4.39 Å². The first-order chi connectivity index (χ1) is 15.7. The number of nitrogens with zero attached hydrogens (tertiary/aromatic N) is 4. The maximum Gasteiger partial charge on any atom is 0.223 e. The molecule has 5 rings (SSSR count). The van der Waals surface area contributed by atoms with Crippen LogP contribution in [0.3, 0.4) is 0 Å². The Bertz CT molecular complexity index is 1230. The summed E-state index contributed by atoms with van der Waals surface area (Å²) >= 11 is 1.73. The van der Waals surface area contributed by atoms with Gasteiger partial charge in [0.05, 0.1) is 23.1 Å². The summed E-state index contributed by atoms with van der Waals surface area (Å²) in [7, 11) is 0. The van der Waals surface area contributed by atoms with Crippen molar-refractivity contribution in [3.8, 4) is 22.6 Å². The van der Waals surface area contributed by atoms with Gasteiger partial charge < -0.3 is 9.88 Å². The van der Waals surface area contributed by atoms with E-state index in [2.05, 4.69) is 51.5 Å². The van der Waals surface area contributed by atoms with Crippen LogP contribution in [0.2, 0.25) is 0 Å². The lowest BCUT2D eigenvalue weighted by Gasteiger charge is -2.15. The molecule has 0 saturated heterocycles. The molecule has 1 aliphatic heterocycles. The Morgan fingerprint density at radius 2 is 2.06 bits per heavy atom. The monoisotopic (exact) mass is 445 g/mol. The van der Waals surface area contributed by atoms with Crippen molar-refractivity contribution in [2.24, 2.45) is 0 Å². The molecule has 0 aliphatic carbocycles. The Morgan fingerprint density at radius 3 is 2.84 bits per heavy atom. The number of nitrogens with one attached hydrogen (secondary N) is 1. The van der Waals surface area contributed by atoms with Crippen LogP contribution in [0.15, 0.2) is 60.1 Å². The number of anilines is 1. The average molecular weight is 446 g/mol. The molecule has 4 heterocycles. The summed E-state index contributed by atoms with van der Waals surface area (Å²) in [4.78, 5) is 15.4. The first kappa shape index (κ1) is 20.6. The molecule has 0 saturated carbocycles. The van der Waals surface area contributed by atoms with Gasteiger partial charge in [-0.3, -0.25) is 0 Å². The number of allylic oxidation sites excluding steroid dienone is 1. The van der Waals surface area contributed by atoms with E-state index in [1.807, 2.05) is 6.07 Å². The first-order valence-corrected chi connectivity index (χ1v) is 11.8. The molecule has 1 unspecified atom stereocenters. The van der Waals surface area contributed by atoms with E-state index in [1.165, 1.54) is 17.0 Å². The van der Waals surface area contributed by atoms with E-state index < -0.39 is 0 Å². The second-order valence-electron chi connectivity index (χ2n) is 7.77. The van der Waals surface area contributed by atoms with Gasteiger partial charge in [0, 0.05) is 29.6 Å². The molecule has 4 aromatic rings. The Labute approximate surface area is 190 Å². The molecule has 0 radical (unpaired) electrons. The van der Waals surface area contributed by atoms with Crippen LogP contribution in [0.4, 0.5) is 10.3 Å². The van der Waals surface area contributed by atoms with Crippen molar-refractivity contribution in [1.29, 1.82) is 0 Å². The third-order valence-corrected chi connectivity index (χ3v) is 6.39. The van der Waals surface area contributed by atoms with Crippen LogP contribution in [0, 0.1) is 5.82 Å². The van der Waals surface area contributed by atoms with Crippen LogP contribution in [0.5, 0.6) is 0 Å². The van der Waals surface area contributed by atoms with Gasteiger partial charge in [-0.05, 0) is 60.7 Å². The quantitative estimate of drug-likeness (QED) is 0.366. The van der Waals surface area contributed by atoms with Gasteiger partial charge in [0.15, 0.2) is 0 Å². The fourth-order valence-electron chi connectivity index (χ4n) is 4.06. The van der Waals surface area contributed by atoms with Crippen molar-refractivity contribution in [2.75, 3.05) is 11.9 Å². The van der Waals surface area contributed by atoms with Gasteiger partial charge in [-0.2, -0.15) is 0 Å². The molecule has 1 aliphatic rings. The lowest BCUT2D eigenvalue weighted by molar-refractivity contribution is 0.628. The molecular weight excluding hydrogens is 421 g/mol. The van der Waals surface area contributed by atoms with Crippen LogP contribution >= 0.6 is 11.3 Å². The van der Waals surface area contributed by atoms with Gasteiger partial charge in [0.1, 0.15) is 11.6 Å². The number of rotatable bonds is 7. The third kappa shape index (κ3) is 4.08. The van der Waals surface area contributed by atoms with Crippen molar-refractivity contribution in [3.05, 3.63) is 76.6 Å². The van der Waals surface area contributed by atoms with Gasteiger partial charge in [-0.25, -0.2) is 19.3 Å². The van der Waals surface area contributed by atoms with Crippen molar-refractivity contribution in [1.82, 2.24) is 19.5 Å². The second kappa shape index (κ2) is 9.04. The molecule has 7 heteroatoms. The molecule has 162 valence electrons. The predicted molar refractivity (Wildman–Crippen MR) is 128 cm³/mol. The molecule has 0 fully saturated rings. The van der Waals surface area contributed by atoms with E-state index in [9.17, 15) is 4.39 Å². The van der Waals surface area contributed by atoms with Crippen LogP contribution in [-0.2, 0) is 6.42 Å². The van der Waals surface area contributed by atoms with Crippen LogP contribution < -0.4 is 5.32 Å². The maximum atomic E-state index is 13.6. The zero-order valence-electron chi connectivity index (χ0n) is 17.8. The first-order valence-electron chi connectivity index (χ1n) is 10.9. The number of aryl methyl sites for hydroxylation is 1. The number of aromatic nitrogens is 4. The number of hydrogen-bond donors (Lipinski definition) is 1. The van der Waals surface area contributed by atoms with Gasteiger partial charge >= 0.3 is 0 Å². The van der Waals surface area contributed by atoms with E-state index in [-0.39, 0.29) is 11.9 Å². The highest BCUT2D eigenvalue weighted by molar-refractivity contribution is 7.10. The molecule has 0 bridgehead atoms. The topological polar surface area (TPSA) is 55.6 Å². The standard InChI is InChI=1S/C25H24FN5S/c1-2-14-27-25-28-15-13-21(29-25)24-23(17-5-7-18(26)8-6-17)30-22-12-10-19(31(22)24)9-11-20-4-3-16-32-20/h3-9,11,13,15-16,19H,2,10,12,14H2,1H3,(H,27,28,29)/b11-9+. The summed E-state index contributed by atoms with van der Waals surface area (Å²) < 4.78 is 15.9. The van der Waals surface area contributed by atoms with Crippen molar-refractivity contribution >= 4 is 23.4 Å². The minimum absolute atomic E-state index is 0.186. The van der Waals surface area contributed by atoms with E-state index >= 15 is 0 Å². The van der Waals surface area contributed by atoms with Crippen molar-refractivity contribution in [3.63, 3.8) is 0 Å². The number of hydrogen-bond acceptors (Lipinski definition) is 5. The van der Waals surface area contributed by atoms with Crippen LogP contribution in [0.25, 0.3) is 28.7 Å². The van der Waals surface area contributed by atoms with Crippen molar-refractivity contribution in [2.45, 2.75) is 32.2 Å². The number of fused-ring (bicyclic) bond motifs is 1. The Balaban J connectivity index is 1.62. The zero-order chi connectivity index (χ0) is 21.9. The summed E-state index contributed by atoms with van der Waals surface area (Å²) in [6.45, 7) is 2.92. The summed E-state index contributed by atoms with van der Waals surface area (Å²) in [5.41, 5.74) is 3.47. The third-order valence-electron chi connectivity index (χ3n) is 5.55. The Morgan fingerprint density at radius 1 is 1.19 bits per heavy atom. The summed E-state index contributed by atoms with van der Waals surface area (Å²) in [5, 5.41) is 5.36. The van der Waals surface area contributed by atoms with E-state index in [4.69, 9.17) is 9.97 Å². The molecule has 1 aromatic carbocycles. The number of halogens is 1. The highest BCUT2D eigenvalue weighted by Gasteiger charge is 2.29. The number of thiophene rings is 1.